The highest BCUT2D eigenvalue weighted by molar-refractivity contribution is 5.64. The summed E-state index contributed by atoms with van der Waals surface area (Å²) in [4.78, 5) is 3.06. The Labute approximate surface area is 312 Å². The lowest BCUT2D eigenvalue weighted by Gasteiger charge is -2.46. The third-order valence-electron chi connectivity index (χ3n) is 13.3. The Balaban J connectivity index is 1.03. The van der Waals surface area contributed by atoms with E-state index in [4.69, 9.17) is 9.47 Å². The smallest absolute Gasteiger partial charge is 0.201 e. The van der Waals surface area contributed by atoms with Crippen LogP contribution in [0.2, 0.25) is 0 Å². The van der Waals surface area contributed by atoms with Crippen LogP contribution >= 0.6 is 0 Å². The van der Waals surface area contributed by atoms with Crippen molar-refractivity contribution in [3.8, 4) is 23.0 Å². The number of phenolic OH excluding ortho intramolecular Hbond substituents is 2. The molecular formula is C44H56N2O7. The average molecular weight is 725 g/mol. The molecule has 4 aliphatic carbocycles. The number of hydrogen-bond donors (Lipinski definition) is 7. The number of aromatic hydroxyl groups is 3. The van der Waals surface area contributed by atoms with Crippen molar-refractivity contribution in [3.63, 3.8) is 0 Å². The van der Waals surface area contributed by atoms with Gasteiger partial charge in [0, 0.05) is 65.8 Å². The number of hydrogen-bond acceptors (Lipinski definition) is 8. The number of aromatic amines is 1. The number of fused-ring (bicyclic) bond motifs is 2. The van der Waals surface area contributed by atoms with E-state index in [-0.39, 0.29) is 35.2 Å². The molecule has 284 valence electrons. The van der Waals surface area contributed by atoms with Crippen LogP contribution in [0.15, 0.2) is 61.0 Å². The van der Waals surface area contributed by atoms with E-state index in [1.165, 1.54) is 44.8 Å². The topological polar surface area (TPSA) is 147 Å². The lowest BCUT2D eigenvalue weighted by molar-refractivity contribution is -0.154. The quantitative estimate of drug-likeness (QED) is 0.0886. The third kappa shape index (κ3) is 7.13. The molecule has 9 nitrogen and oxygen atoms in total. The molecule has 3 fully saturated rings. The van der Waals surface area contributed by atoms with E-state index in [0.717, 1.165) is 36.8 Å². The van der Waals surface area contributed by atoms with Gasteiger partial charge in [0.15, 0.2) is 11.5 Å². The van der Waals surface area contributed by atoms with Gasteiger partial charge in [-0.15, -0.1) is 0 Å². The number of aliphatic hydroxyl groups excluding tert-OH is 2. The van der Waals surface area contributed by atoms with Crippen LogP contribution in [0.1, 0.15) is 122 Å². The van der Waals surface area contributed by atoms with E-state index in [0.29, 0.717) is 60.1 Å². The van der Waals surface area contributed by atoms with E-state index in [1.54, 1.807) is 0 Å². The second kappa shape index (κ2) is 15.5. The molecule has 2 aromatic carbocycles. The maximum Gasteiger partial charge on any atom is 0.201 e. The lowest BCUT2D eigenvalue weighted by atomic mass is 9.67. The van der Waals surface area contributed by atoms with Crippen LogP contribution in [0.3, 0.4) is 0 Å². The molecule has 0 radical (unpaired) electrons. The highest BCUT2D eigenvalue weighted by Gasteiger charge is 2.44. The molecule has 53 heavy (non-hydrogen) atoms. The van der Waals surface area contributed by atoms with Crippen molar-refractivity contribution >= 4 is 0 Å². The first kappa shape index (κ1) is 36.2. The fraction of sp³-hybridized carbons (Fsp3) is 0.545. The Kier molecular flexibility index (Phi) is 10.6. The van der Waals surface area contributed by atoms with Crippen LogP contribution in [0.5, 0.6) is 23.0 Å². The van der Waals surface area contributed by atoms with Gasteiger partial charge < -0.3 is 45.3 Å². The zero-order chi connectivity index (χ0) is 36.6. The largest absolute Gasteiger partial charge is 0.508 e. The summed E-state index contributed by atoms with van der Waals surface area (Å²) in [7, 11) is 1.45. The Morgan fingerprint density at radius 1 is 0.925 bits per heavy atom. The number of benzene rings is 2. The second-order valence-corrected chi connectivity index (χ2v) is 16.4. The molecule has 8 rings (SSSR count). The van der Waals surface area contributed by atoms with E-state index >= 15 is 0 Å². The van der Waals surface area contributed by atoms with E-state index in [2.05, 4.69) is 40.7 Å². The number of allylic oxidation sites excluding steroid dienone is 3. The fourth-order valence-corrected chi connectivity index (χ4v) is 10.6. The maximum absolute atomic E-state index is 11.6. The van der Waals surface area contributed by atoms with E-state index in [1.807, 2.05) is 30.6 Å². The van der Waals surface area contributed by atoms with Crippen molar-refractivity contribution in [2.75, 3.05) is 7.11 Å². The highest BCUT2D eigenvalue weighted by atomic mass is 16.5. The molecule has 0 spiro atoms. The van der Waals surface area contributed by atoms with Gasteiger partial charge in [-0.3, -0.25) is 0 Å². The predicted molar refractivity (Wildman–Crippen MR) is 203 cm³/mol. The molecular weight excluding hydrogens is 668 g/mol. The molecule has 3 aromatic rings. The molecule has 1 saturated heterocycles. The lowest BCUT2D eigenvalue weighted by Crippen LogP contribution is -2.44. The van der Waals surface area contributed by atoms with Gasteiger partial charge in [0.1, 0.15) is 5.75 Å². The Bertz CT molecular complexity index is 1800. The number of ether oxygens (including phenoxy) is 2. The van der Waals surface area contributed by atoms with Gasteiger partial charge >= 0.3 is 0 Å². The molecule has 9 unspecified atom stereocenters. The first-order chi connectivity index (χ1) is 25.8. The van der Waals surface area contributed by atoms with Crippen LogP contribution in [0.4, 0.5) is 0 Å². The summed E-state index contributed by atoms with van der Waals surface area (Å²) in [6, 6.07) is 9.10. The van der Waals surface area contributed by atoms with Crippen LogP contribution in [-0.2, 0) is 17.8 Å². The standard InChI is InChI=1S/C44H56N2O7/c1-52-44-35(18-25-16-17-45-23-25)41(36(24-47)42(50)43(44)51)40-22-38(49)33-13-10-27(21-39(33)53-40)26-11-15-37(48)34(20-26)32-9-5-6-28-19-30(12-14-31(28)32)46-29-7-3-2-4-8-29/h5,9,11-12,14-17,20,23,27-33,38-40,45-51H,2-4,6-8,10,13,18-19,21-22,24H2,1H3. The van der Waals surface area contributed by atoms with Gasteiger partial charge in [-0.25, -0.2) is 0 Å². The maximum atomic E-state index is 11.6. The molecule has 0 amide bonds. The van der Waals surface area contributed by atoms with Crippen molar-refractivity contribution in [3.05, 3.63) is 94.3 Å². The summed E-state index contributed by atoms with van der Waals surface area (Å²) >= 11 is 0. The molecule has 1 aromatic heterocycles. The molecule has 7 N–H and O–H groups in total. The van der Waals surface area contributed by atoms with E-state index < -0.39 is 30.3 Å². The van der Waals surface area contributed by atoms with Gasteiger partial charge in [0.2, 0.25) is 5.75 Å². The normalized spacial score (nSPS) is 31.6. The van der Waals surface area contributed by atoms with Crippen LogP contribution in [0.25, 0.3) is 0 Å². The van der Waals surface area contributed by atoms with Crippen molar-refractivity contribution in [2.45, 2.75) is 126 Å². The first-order valence-electron chi connectivity index (χ1n) is 20.0. The summed E-state index contributed by atoms with van der Waals surface area (Å²) in [5.41, 5.74) is 4.46. The summed E-state index contributed by atoms with van der Waals surface area (Å²) in [6.45, 7) is -0.508. The van der Waals surface area contributed by atoms with Crippen molar-refractivity contribution in [1.29, 1.82) is 0 Å². The number of aromatic nitrogens is 1. The third-order valence-corrected chi connectivity index (χ3v) is 13.3. The average Bonchev–Trinajstić information content (AvgIpc) is 3.69. The summed E-state index contributed by atoms with van der Waals surface area (Å²) < 4.78 is 12.5. The number of aliphatic hydroxyl groups is 2. The van der Waals surface area contributed by atoms with E-state index in [9.17, 15) is 25.5 Å². The van der Waals surface area contributed by atoms with Gasteiger partial charge in [-0.2, -0.15) is 0 Å². The minimum Gasteiger partial charge on any atom is -0.508 e. The SMILES string of the molecule is COc1c(O)c(O)c(CO)c(C2CC(O)C3CCC(c4ccc(O)c(C5C=CCC6CC(NC7CCCCC7)C=CC65)c4)CC3O2)c1Cc1cc[nH]c1. The number of nitrogens with one attached hydrogen (secondary N) is 2. The Morgan fingerprint density at radius 3 is 2.55 bits per heavy atom. The zero-order valence-corrected chi connectivity index (χ0v) is 30.8. The predicted octanol–water partition coefficient (Wildman–Crippen LogP) is 7.52. The van der Waals surface area contributed by atoms with Gasteiger partial charge in [-0.05, 0) is 91.5 Å². The van der Waals surface area contributed by atoms with Crippen molar-refractivity contribution in [2.24, 2.45) is 17.8 Å². The molecule has 2 heterocycles. The van der Waals surface area contributed by atoms with Crippen LogP contribution in [-0.4, -0.2) is 61.9 Å². The Hall–Kier alpha value is -3.76. The number of H-pyrrole nitrogens is 1. The summed E-state index contributed by atoms with van der Waals surface area (Å²) in [5.74, 6) is 0.755. The monoisotopic (exact) mass is 724 g/mol. The minimum absolute atomic E-state index is 0.0398. The highest BCUT2D eigenvalue weighted by Crippen LogP contribution is 2.53. The van der Waals surface area contributed by atoms with Crippen molar-refractivity contribution in [1.82, 2.24) is 10.3 Å². The molecule has 9 atom stereocenters. The molecule has 1 aliphatic heterocycles. The van der Waals surface area contributed by atoms with Gasteiger partial charge in [0.05, 0.1) is 32.0 Å². The molecule has 9 heteroatoms. The van der Waals surface area contributed by atoms with Gasteiger partial charge in [-0.1, -0.05) is 55.7 Å². The molecule has 2 saturated carbocycles. The minimum atomic E-state index is -0.637. The first-order valence-corrected chi connectivity index (χ1v) is 20.0. The number of rotatable bonds is 9. The number of methoxy groups -OCH3 is 1. The zero-order valence-electron chi connectivity index (χ0n) is 30.8. The fourth-order valence-electron chi connectivity index (χ4n) is 10.6. The Morgan fingerprint density at radius 2 is 1.77 bits per heavy atom. The summed E-state index contributed by atoms with van der Waals surface area (Å²) in [6.07, 6.45) is 23.4. The van der Waals surface area contributed by atoms with Crippen LogP contribution in [0, 0.1) is 17.8 Å². The molecule has 5 aliphatic rings. The number of phenols is 3. The van der Waals surface area contributed by atoms with Crippen molar-refractivity contribution < 1.29 is 35.0 Å². The molecule has 0 bridgehead atoms. The second-order valence-electron chi connectivity index (χ2n) is 16.4. The van der Waals surface area contributed by atoms with Crippen LogP contribution < -0.4 is 10.1 Å². The van der Waals surface area contributed by atoms with Gasteiger partial charge in [0.25, 0.3) is 0 Å². The summed E-state index contributed by atoms with van der Waals surface area (Å²) in [5, 5.41) is 59.2.